The highest BCUT2D eigenvalue weighted by Gasteiger charge is 2.10. The van der Waals surface area contributed by atoms with Crippen LogP contribution in [0, 0.1) is 0 Å². The van der Waals surface area contributed by atoms with E-state index in [1.165, 1.54) is 30.4 Å². The van der Waals surface area contributed by atoms with Crippen LogP contribution in [0.25, 0.3) is 0 Å². The molecule has 18 heavy (non-hydrogen) atoms. The highest BCUT2D eigenvalue weighted by atomic mass is 14.8. The van der Waals surface area contributed by atoms with Crippen LogP contribution in [0.3, 0.4) is 0 Å². The smallest absolute Gasteiger partial charge is 0.0208 e. The molecule has 0 aromatic heterocycles. The molecule has 0 fully saturated rings. The van der Waals surface area contributed by atoms with Crippen molar-refractivity contribution < 1.29 is 0 Å². The summed E-state index contributed by atoms with van der Waals surface area (Å²) in [5.41, 5.74) is 5.53. The molecule has 0 radical (unpaired) electrons. The fourth-order valence-corrected chi connectivity index (χ4v) is 2.37. The molecule has 1 heteroatoms. The lowest BCUT2D eigenvalue weighted by Crippen LogP contribution is -2.15. The van der Waals surface area contributed by atoms with E-state index in [0.29, 0.717) is 0 Å². The van der Waals surface area contributed by atoms with Gasteiger partial charge in [-0.1, -0.05) is 49.6 Å². The number of nitrogens with one attached hydrogen (secondary N) is 1. The molecule has 1 N–H and O–H groups in total. The van der Waals surface area contributed by atoms with Crippen LogP contribution in [0.4, 0.5) is 0 Å². The van der Waals surface area contributed by atoms with E-state index < -0.39 is 0 Å². The SMILES string of the molecule is C=CC=CC(=C)CNCc1ccc2c(c1)CCC2. The van der Waals surface area contributed by atoms with Crippen molar-refractivity contribution in [2.75, 3.05) is 6.54 Å². The van der Waals surface area contributed by atoms with Gasteiger partial charge in [0.1, 0.15) is 0 Å². The van der Waals surface area contributed by atoms with E-state index >= 15 is 0 Å². The largest absolute Gasteiger partial charge is 0.309 e. The zero-order valence-electron chi connectivity index (χ0n) is 10.9. The Morgan fingerprint density at radius 2 is 2.11 bits per heavy atom. The highest BCUT2D eigenvalue weighted by Crippen LogP contribution is 2.22. The predicted molar refractivity (Wildman–Crippen MR) is 78.7 cm³/mol. The zero-order chi connectivity index (χ0) is 12.8. The third-order valence-corrected chi connectivity index (χ3v) is 3.31. The number of hydrogen-bond acceptors (Lipinski definition) is 1. The van der Waals surface area contributed by atoms with E-state index in [-0.39, 0.29) is 0 Å². The lowest BCUT2D eigenvalue weighted by Gasteiger charge is -2.07. The molecular formula is C17H21N. The quantitative estimate of drug-likeness (QED) is 0.748. The van der Waals surface area contributed by atoms with E-state index in [2.05, 4.69) is 36.7 Å². The summed E-state index contributed by atoms with van der Waals surface area (Å²) in [6.07, 6.45) is 9.49. The Bertz CT molecular complexity index is 468. The summed E-state index contributed by atoms with van der Waals surface area (Å²) in [5.74, 6) is 0. The molecule has 94 valence electrons. The lowest BCUT2D eigenvalue weighted by molar-refractivity contribution is 0.747. The molecule has 0 heterocycles. The van der Waals surface area contributed by atoms with Gasteiger partial charge in [-0.25, -0.2) is 0 Å². The molecule has 1 aliphatic carbocycles. The van der Waals surface area contributed by atoms with Crippen LogP contribution < -0.4 is 5.32 Å². The van der Waals surface area contributed by atoms with Crippen molar-refractivity contribution in [3.05, 3.63) is 71.8 Å². The Kier molecular flexibility index (Phi) is 4.54. The lowest BCUT2D eigenvalue weighted by atomic mass is 10.1. The standard InChI is InChI=1S/C17H21N/c1-3-4-6-14(2)12-18-13-15-9-10-16-7-5-8-17(16)11-15/h3-4,6,9-11,18H,1-2,5,7-8,12-13H2. The van der Waals surface area contributed by atoms with Crippen LogP contribution in [-0.2, 0) is 19.4 Å². The van der Waals surface area contributed by atoms with Gasteiger partial charge in [0, 0.05) is 13.1 Å². The van der Waals surface area contributed by atoms with E-state index in [1.54, 1.807) is 11.6 Å². The first kappa shape index (κ1) is 12.8. The average Bonchev–Trinajstić information content (AvgIpc) is 2.83. The summed E-state index contributed by atoms with van der Waals surface area (Å²) in [7, 11) is 0. The van der Waals surface area contributed by atoms with Crippen molar-refractivity contribution >= 4 is 0 Å². The van der Waals surface area contributed by atoms with Gasteiger partial charge in [0.2, 0.25) is 0 Å². The molecule has 0 aliphatic heterocycles. The molecule has 1 aromatic rings. The van der Waals surface area contributed by atoms with Gasteiger partial charge in [-0.3, -0.25) is 0 Å². The normalized spacial score (nSPS) is 13.8. The molecular weight excluding hydrogens is 218 g/mol. The van der Waals surface area contributed by atoms with Crippen LogP contribution in [0.5, 0.6) is 0 Å². The van der Waals surface area contributed by atoms with Crippen molar-refractivity contribution in [3.63, 3.8) is 0 Å². The van der Waals surface area contributed by atoms with Crippen molar-refractivity contribution in [2.24, 2.45) is 0 Å². The van der Waals surface area contributed by atoms with Gasteiger partial charge in [-0.05, 0) is 41.5 Å². The number of hydrogen-bond donors (Lipinski definition) is 1. The molecule has 0 saturated carbocycles. The van der Waals surface area contributed by atoms with Crippen molar-refractivity contribution in [1.82, 2.24) is 5.32 Å². The molecule has 0 atom stereocenters. The maximum Gasteiger partial charge on any atom is 0.0208 e. The fourth-order valence-electron chi connectivity index (χ4n) is 2.37. The van der Waals surface area contributed by atoms with E-state index in [1.807, 2.05) is 12.2 Å². The minimum atomic E-state index is 0.821. The number of allylic oxidation sites excluding steroid dienone is 2. The summed E-state index contributed by atoms with van der Waals surface area (Å²) < 4.78 is 0. The van der Waals surface area contributed by atoms with Gasteiger partial charge in [0.15, 0.2) is 0 Å². The Labute approximate surface area is 110 Å². The zero-order valence-corrected chi connectivity index (χ0v) is 10.9. The molecule has 1 aliphatic rings. The first-order valence-electron chi connectivity index (χ1n) is 6.58. The fraction of sp³-hybridized carbons (Fsp3) is 0.294. The molecule has 0 unspecified atom stereocenters. The summed E-state index contributed by atoms with van der Waals surface area (Å²) in [6, 6.07) is 6.86. The molecule has 2 rings (SSSR count). The Morgan fingerprint density at radius 1 is 1.28 bits per heavy atom. The van der Waals surface area contributed by atoms with Gasteiger partial charge in [-0.2, -0.15) is 0 Å². The molecule has 1 nitrogen and oxygen atoms in total. The van der Waals surface area contributed by atoms with Gasteiger partial charge >= 0.3 is 0 Å². The summed E-state index contributed by atoms with van der Waals surface area (Å²) in [6.45, 7) is 9.36. The summed E-state index contributed by atoms with van der Waals surface area (Å²) in [5, 5.41) is 3.42. The second-order valence-corrected chi connectivity index (χ2v) is 4.81. The number of rotatable bonds is 6. The summed E-state index contributed by atoms with van der Waals surface area (Å²) >= 11 is 0. The van der Waals surface area contributed by atoms with Crippen LogP contribution in [0.15, 0.2) is 55.2 Å². The first-order chi connectivity index (χ1) is 8.79. The second-order valence-electron chi connectivity index (χ2n) is 4.81. The third-order valence-electron chi connectivity index (χ3n) is 3.31. The van der Waals surface area contributed by atoms with Crippen LogP contribution >= 0.6 is 0 Å². The van der Waals surface area contributed by atoms with Crippen LogP contribution in [0.1, 0.15) is 23.1 Å². The number of benzene rings is 1. The number of fused-ring (bicyclic) bond motifs is 1. The van der Waals surface area contributed by atoms with Gasteiger partial charge in [-0.15, -0.1) is 0 Å². The van der Waals surface area contributed by atoms with Gasteiger partial charge in [0.05, 0.1) is 0 Å². The minimum absolute atomic E-state index is 0.821. The molecule has 0 saturated heterocycles. The predicted octanol–water partition coefficient (Wildman–Crippen LogP) is 3.56. The monoisotopic (exact) mass is 239 g/mol. The van der Waals surface area contributed by atoms with Crippen molar-refractivity contribution in [2.45, 2.75) is 25.8 Å². The van der Waals surface area contributed by atoms with Crippen molar-refractivity contribution in [3.8, 4) is 0 Å². The van der Waals surface area contributed by atoms with Crippen LogP contribution in [-0.4, -0.2) is 6.54 Å². The maximum absolute atomic E-state index is 3.98. The molecule has 0 spiro atoms. The Hall–Kier alpha value is -1.60. The second kappa shape index (κ2) is 6.36. The topological polar surface area (TPSA) is 12.0 Å². The molecule has 1 aromatic carbocycles. The average molecular weight is 239 g/mol. The highest BCUT2D eigenvalue weighted by molar-refractivity contribution is 5.35. The number of aryl methyl sites for hydroxylation is 2. The van der Waals surface area contributed by atoms with Gasteiger partial charge in [0.25, 0.3) is 0 Å². The molecule has 0 amide bonds. The summed E-state index contributed by atoms with van der Waals surface area (Å²) in [4.78, 5) is 0. The molecule has 0 bridgehead atoms. The van der Waals surface area contributed by atoms with Crippen molar-refractivity contribution in [1.29, 1.82) is 0 Å². The van der Waals surface area contributed by atoms with Gasteiger partial charge < -0.3 is 5.32 Å². The van der Waals surface area contributed by atoms with Crippen LogP contribution in [0.2, 0.25) is 0 Å². The van der Waals surface area contributed by atoms with E-state index in [4.69, 9.17) is 0 Å². The van der Waals surface area contributed by atoms with E-state index in [0.717, 1.165) is 18.7 Å². The third kappa shape index (κ3) is 3.44. The minimum Gasteiger partial charge on any atom is -0.309 e. The van der Waals surface area contributed by atoms with E-state index in [9.17, 15) is 0 Å². The Morgan fingerprint density at radius 3 is 2.94 bits per heavy atom. The Balaban J connectivity index is 1.82. The first-order valence-corrected chi connectivity index (χ1v) is 6.58. The maximum atomic E-state index is 3.98.